The van der Waals surface area contributed by atoms with Gasteiger partial charge >= 0.3 is 6.18 Å². The Morgan fingerprint density at radius 1 is 1.20 bits per heavy atom. The molecular formula is C21H18F4N4O. The van der Waals surface area contributed by atoms with Gasteiger partial charge in [0, 0.05) is 18.5 Å². The molecule has 0 aliphatic carbocycles. The number of alkyl halides is 4. The van der Waals surface area contributed by atoms with E-state index in [1.165, 1.54) is 29.8 Å². The number of aliphatic hydroxyl groups excluding tert-OH is 1. The van der Waals surface area contributed by atoms with E-state index in [9.17, 15) is 22.7 Å². The Bertz CT molecular complexity index is 1150. The third-order valence-electron chi connectivity index (χ3n) is 5.20. The Morgan fingerprint density at radius 2 is 2.00 bits per heavy atom. The molecule has 1 fully saturated rings. The van der Waals surface area contributed by atoms with E-state index in [-0.39, 0.29) is 18.5 Å². The van der Waals surface area contributed by atoms with Gasteiger partial charge in [-0.1, -0.05) is 12.0 Å². The van der Waals surface area contributed by atoms with Crippen LogP contribution in [0.1, 0.15) is 30.2 Å². The number of fused-ring (bicyclic) bond motifs is 1. The summed E-state index contributed by atoms with van der Waals surface area (Å²) in [4.78, 5) is 5.93. The van der Waals surface area contributed by atoms with Crippen molar-refractivity contribution in [3.8, 4) is 11.8 Å². The van der Waals surface area contributed by atoms with Gasteiger partial charge in [-0.2, -0.15) is 13.2 Å². The Morgan fingerprint density at radius 3 is 2.70 bits per heavy atom. The lowest BCUT2D eigenvalue weighted by molar-refractivity contribution is -0.137. The second-order valence-corrected chi connectivity index (χ2v) is 7.32. The average Bonchev–Trinajstić information content (AvgIpc) is 3.30. The van der Waals surface area contributed by atoms with Crippen molar-refractivity contribution in [2.45, 2.75) is 31.3 Å². The summed E-state index contributed by atoms with van der Waals surface area (Å²) in [6.45, 7) is 1.85. The monoisotopic (exact) mass is 418 g/mol. The molecule has 3 heterocycles. The highest BCUT2D eigenvalue weighted by Crippen LogP contribution is 2.32. The molecule has 1 aliphatic heterocycles. The topological polar surface area (TPSA) is 53.7 Å². The fourth-order valence-electron chi connectivity index (χ4n) is 3.36. The van der Waals surface area contributed by atoms with Crippen LogP contribution in [0, 0.1) is 11.8 Å². The van der Waals surface area contributed by atoms with E-state index in [4.69, 9.17) is 0 Å². The first-order valence-corrected chi connectivity index (χ1v) is 9.32. The van der Waals surface area contributed by atoms with Crippen LogP contribution in [-0.4, -0.2) is 44.6 Å². The number of rotatable bonds is 2. The molecule has 30 heavy (non-hydrogen) atoms. The van der Waals surface area contributed by atoms with Crippen molar-refractivity contribution in [3.63, 3.8) is 0 Å². The van der Waals surface area contributed by atoms with Gasteiger partial charge in [-0.25, -0.2) is 13.9 Å². The molecule has 1 aliphatic rings. The summed E-state index contributed by atoms with van der Waals surface area (Å²) >= 11 is 0. The fourth-order valence-corrected chi connectivity index (χ4v) is 3.36. The molecule has 4 rings (SSSR count). The van der Waals surface area contributed by atoms with E-state index in [1.54, 1.807) is 17.0 Å². The molecule has 156 valence electrons. The summed E-state index contributed by atoms with van der Waals surface area (Å²) in [5.41, 5.74) is -1.35. The molecule has 1 N–H and O–H groups in total. The third kappa shape index (κ3) is 3.83. The van der Waals surface area contributed by atoms with Crippen LogP contribution < -0.4 is 4.90 Å². The van der Waals surface area contributed by atoms with Gasteiger partial charge in [-0.15, -0.1) is 5.10 Å². The number of anilines is 1. The average molecular weight is 418 g/mol. The standard InChI is InChI=1S/C21H18F4N4O/c1-14(30)20(22)9-10-28(13-20)19-8-7-18-26-12-17(29(18)27-19)6-5-15-3-2-4-16(11-15)21(23,24)25/h2-4,7-8,11-12,14,30H,9-10,13H2,1H3. The predicted molar refractivity (Wildman–Crippen MR) is 103 cm³/mol. The highest BCUT2D eigenvalue weighted by atomic mass is 19.4. The summed E-state index contributed by atoms with van der Waals surface area (Å²) in [5.74, 6) is 6.02. The Kier molecular flexibility index (Phi) is 4.90. The SMILES string of the molecule is CC(O)C1(F)CCN(c2ccc3ncc(C#Cc4cccc(C(F)(F)F)c4)n3n2)C1. The second kappa shape index (κ2) is 7.29. The van der Waals surface area contributed by atoms with Crippen LogP contribution in [0.25, 0.3) is 5.65 Å². The molecule has 0 bridgehead atoms. The molecular weight excluding hydrogens is 400 g/mol. The van der Waals surface area contributed by atoms with Gasteiger partial charge < -0.3 is 10.0 Å². The molecule has 2 unspecified atom stereocenters. The van der Waals surface area contributed by atoms with Gasteiger partial charge in [0.05, 0.1) is 24.4 Å². The first kappa shape index (κ1) is 20.2. The number of halogens is 4. The Labute approximate surface area is 170 Å². The van der Waals surface area contributed by atoms with Crippen molar-refractivity contribution in [1.82, 2.24) is 14.6 Å². The summed E-state index contributed by atoms with van der Waals surface area (Å²) in [7, 11) is 0. The Hall–Kier alpha value is -3.12. The molecule has 0 amide bonds. The maximum absolute atomic E-state index is 14.7. The summed E-state index contributed by atoms with van der Waals surface area (Å²) < 4.78 is 54.8. The normalized spacial score (nSPS) is 20.3. The van der Waals surface area contributed by atoms with E-state index in [2.05, 4.69) is 21.9 Å². The van der Waals surface area contributed by atoms with Crippen LogP contribution in [0.2, 0.25) is 0 Å². The van der Waals surface area contributed by atoms with Crippen LogP contribution in [0.15, 0.2) is 42.6 Å². The van der Waals surface area contributed by atoms with Gasteiger partial charge in [0.1, 0.15) is 11.5 Å². The summed E-state index contributed by atoms with van der Waals surface area (Å²) in [6.07, 6.45) is -3.86. The Balaban J connectivity index is 1.63. The minimum Gasteiger partial charge on any atom is -0.390 e. The number of aromatic nitrogens is 3. The summed E-state index contributed by atoms with van der Waals surface area (Å²) in [5, 5.41) is 14.1. The van der Waals surface area contributed by atoms with Crippen LogP contribution >= 0.6 is 0 Å². The van der Waals surface area contributed by atoms with Crippen molar-refractivity contribution < 1.29 is 22.7 Å². The largest absolute Gasteiger partial charge is 0.416 e. The van der Waals surface area contributed by atoms with Crippen molar-refractivity contribution in [3.05, 3.63) is 59.4 Å². The van der Waals surface area contributed by atoms with Crippen LogP contribution in [0.3, 0.4) is 0 Å². The minimum absolute atomic E-state index is 0.0170. The number of hydrogen-bond acceptors (Lipinski definition) is 4. The molecule has 2 atom stereocenters. The molecule has 0 radical (unpaired) electrons. The third-order valence-corrected chi connectivity index (χ3v) is 5.20. The summed E-state index contributed by atoms with van der Waals surface area (Å²) in [6, 6.07) is 8.18. The molecule has 0 saturated carbocycles. The number of hydrogen-bond donors (Lipinski definition) is 1. The number of nitrogens with zero attached hydrogens (tertiary/aromatic N) is 4. The zero-order valence-corrected chi connectivity index (χ0v) is 16.0. The van der Waals surface area contributed by atoms with Gasteiger partial charge in [-0.3, -0.25) is 0 Å². The quantitative estimate of drug-likeness (QED) is 0.512. The smallest absolute Gasteiger partial charge is 0.390 e. The lowest BCUT2D eigenvalue weighted by atomic mass is 10.00. The van der Waals surface area contributed by atoms with Crippen molar-refractivity contribution >= 4 is 11.5 Å². The molecule has 9 heteroatoms. The number of aliphatic hydroxyl groups is 1. The first-order valence-electron chi connectivity index (χ1n) is 9.32. The predicted octanol–water partition coefficient (Wildman–Crippen LogP) is 3.45. The molecule has 3 aromatic rings. The lowest BCUT2D eigenvalue weighted by Gasteiger charge is -2.23. The number of imidazole rings is 1. The minimum atomic E-state index is -4.44. The van der Waals surface area contributed by atoms with Crippen molar-refractivity contribution in [2.24, 2.45) is 0 Å². The second-order valence-electron chi connectivity index (χ2n) is 7.32. The number of benzene rings is 1. The van der Waals surface area contributed by atoms with Gasteiger partial charge in [-0.05, 0) is 43.2 Å². The van der Waals surface area contributed by atoms with Gasteiger partial charge in [0.25, 0.3) is 0 Å². The van der Waals surface area contributed by atoms with E-state index in [0.29, 0.717) is 23.7 Å². The molecule has 1 aromatic carbocycles. The highest BCUT2D eigenvalue weighted by Gasteiger charge is 2.43. The van der Waals surface area contributed by atoms with Crippen LogP contribution in [-0.2, 0) is 6.18 Å². The van der Waals surface area contributed by atoms with Crippen LogP contribution in [0.4, 0.5) is 23.4 Å². The van der Waals surface area contributed by atoms with E-state index >= 15 is 0 Å². The zero-order chi connectivity index (χ0) is 21.5. The molecule has 5 nitrogen and oxygen atoms in total. The fraction of sp³-hybridized carbons (Fsp3) is 0.333. The molecule has 1 saturated heterocycles. The maximum atomic E-state index is 14.7. The lowest BCUT2D eigenvalue weighted by Crippen LogP contribution is -2.39. The van der Waals surface area contributed by atoms with E-state index in [1.807, 2.05) is 0 Å². The zero-order valence-electron chi connectivity index (χ0n) is 16.0. The van der Waals surface area contributed by atoms with Crippen molar-refractivity contribution in [1.29, 1.82) is 0 Å². The first-order chi connectivity index (χ1) is 14.2. The van der Waals surface area contributed by atoms with E-state index in [0.717, 1.165) is 12.1 Å². The van der Waals surface area contributed by atoms with Gasteiger partial charge in [0.15, 0.2) is 11.3 Å². The maximum Gasteiger partial charge on any atom is 0.416 e. The van der Waals surface area contributed by atoms with Crippen LogP contribution in [0.5, 0.6) is 0 Å². The molecule has 0 spiro atoms. The molecule has 2 aromatic heterocycles. The highest BCUT2D eigenvalue weighted by molar-refractivity contribution is 5.51. The van der Waals surface area contributed by atoms with Crippen molar-refractivity contribution in [2.75, 3.05) is 18.0 Å². The van der Waals surface area contributed by atoms with Gasteiger partial charge in [0.2, 0.25) is 0 Å². The van der Waals surface area contributed by atoms with E-state index < -0.39 is 23.5 Å².